The SMILES string of the molecule is C[C@H](CC#N)NC[C@H](Cc1nc[nH]c(=O)c1O)c1ccc(C#Cc2ccc(CN3CCOCC3)cc2)cc1. The molecule has 1 saturated heterocycles. The van der Waals surface area contributed by atoms with Gasteiger partial charge in [-0.3, -0.25) is 9.69 Å². The number of morpholine rings is 1. The van der Waals surface area contributed by atoms with Crippen molar-refractivity contribution >= 4 is 0 Å². The monoisotopic (exact) mass is 511 g/mol. The molecule has 0 radical (unpaired) electrons. The standard InChI is InChI=1S/C30H33N5O3/c1-22(12-13-31)32-19-27(18-28-29(36)30(37)34-21-33-28)26-10-8-24(9-11-26)3-2-23-4-6-25(7-5-23)20-35-14-16-38-17-15-35/h4-11,21-22,27,32,36H,12,14-20H2,1H3,(H,33,34,37)/t22-,27+/m1/s1. The maximum atomic E-state index is 11.8. The summed E-state index contributed by atoms with van der Waals surface area (Å²) < 4.78 is 5.42. The first kappa shape index (κ1) is 27.1. The third kappa shape index (κ3) is 7.77. The van der Waals surface area contributed by atoms with Crippen molar-refractivity contribution < 1.29 is 9.84 Å². The van der Waals surface area contributed by atoms with Crippen LogP contribution in [-0.2, 0) is 17.7 Å². The van der Waals surface area contributed by atoms with Crippen molar-refractivity contribution in [3.8, 4) is 23.7 Å². The lowest BCUT2D eigenvalue weighted by Crippen LogP contribution is -2.35. The number of nitrogens with one attached hydrogen (secondary N) is 2. The Kier molecular flexibility index (Phi) is 9.66. The van der Waals surface area contributed by atoms with Crippen LogP contribution in [0, 0.1) is 23.2 Å². The number of nitriles is 1. The molecular weight excluding hydrogens is 478 g/mol. The molecule has 2 aromatic carbocycles. The average molecular weight is 512 g/mol. The van der Waals surface area contributed by atoms with Crippen molar-refractivity contribution in [2.75, 3.05) is 32.8 Å². The van der Waals surface area contributed by atoms with Gasteiger partial charge in [-0.05, 0) is 42.3 Å². The van der Waals surface area contributed by atoms with E-state index in [1.807, 2.05) is 31.2 Å². The highest BCUT2D eigenvalue weighted by Gasteiger charge is 2.18. The Morgan fingerprint density at radius 1 is 1.11 bits per heavy atom. The van der Waals surface area contributed by atoms with Gasteiger partial charge >= 0.3 is 0 Å². The van der Waals surface area contributed by atoms with Crippen molar-refractivity contribution in [1.29, 1.82) is 5.26 Å². The van der Waals surface area contributed by atoms with Gasteiger partial charge in [-0.15, -0.1) is 0 Å². The molecule has 1 aliphatic heterocycles. The van der Waals surface area contributed by atoms with E-state index < -0.39 is 5.56 Å². The summed E-state index contributed by atoms with van der Waals surface area (Å²) in [6, 6.07) is 18.6. The van der Waals surface area contributed by atoms with Crippen LogP contribution in [0.4, 0.5) is 0 Å². The first-order valence-corrected chi connectivity index (χ1v) is 12.9. The van der Waals surface area contributed by atoms with Gasteiger partial charge in [0.1, 0.15) is 0 Å². The highest BCUT2D eigenvalue weighted by Crippen LogP contribution is 2.23. The molecule has 38 heavy (non-hydrogen) atoms. The molecule has 2 atom stereocenters. The van der Waals surface area contributed by atoms with Crippen LogP contribution >= 0.6 is 0 Å². The maximum Gasteiger partial charge on any atom is 0.293 e. The molecule has 1 aliphatic rings. The molecule has 3 N–H and O–H groups in total. The summed E-state index contributed by atoms with van der Waals surface area (Å²) in [5, 5.41) is 22.5. The summed E-state index contributed by atoms with van der Waals surface area (Å²) in [5.74, 6) is 6.06. The number of benzene rings is 2. The second kappa shape index (κ2) is 13.6. The fourth-order valence-electron chi connectivity index (χ4n) is 4.37. The Morgan fingerprint density at radius 3 is 2.42 bits per heavy atom. The summed E-state index contributed by atoms with van der Waals surface area (Å²) >= 11 is 0. The Morgan fingerprint density at radius 2 is 1.76 bits per heavy atom. The molecule has 0 saturated carbocycles. The molecule has 0 amide bonds. The number of H-pyrrole nitrogens is 1. The number of ether oxygens (including phenoxy) is 1. The summed E-state index contributed by atoms with van der Waals surface area (Å²) in [4.78, 5) is 20.8. The van der Waals surface area contributed by atoms with E-state index in [1.54, 1.807) is 0 Å². The Hall–Kier alpha value is -3.95. The largest absolute Gasteiger partial charge is 0.502 e. The van der Waals surface area contributed by atoms with Gasteiger partial charge in [0.25, 0.3) is 5.56 Å². The Labute approximate surface area is 223 Å². The van der Waals surface area contributed by atoms with Crippen LogP contribution in [0.1, 0.15) is 47.2 Å². The van der Waals surface area contributed by atoms with Gasteiger partial charge in [0, 0.05) is 55.7 Å². The van der Waals surface area contributed by atoms with Crippen LogP contribution < -0.4 is 10.9 Å². The van der Waals surface area contributed by atoms with E-state index in [-0.39, 0.29) is 17.7 Å². The van der Waals surface area contributed by atoms with Crippen molar-refractivity contribution in [2.24, 2.45) is 0 Å². The van der Waals surface area contributed by atoms with E-state index in [1.165, 1.54) is 11.9 Å². The van der Waals surface area contributed by atoms with Gasteiger partial charge in [0.05, 0.1) is 37.7 Å². The fourth-order valence-corrected chi connectivity index (χ4v) is 4.37. The Bertz CT molecular complexity index is 1340. The molecule has 3 aromatic rings. The third-order valence-corrected chi connectivity index (χ3v) is 6.65. The fraction of sp³-hybridized carbons (Fsp3) is 0.367. The number of nitrogens with zero attached hydrogens (tertiary/aromatic N) is 3. The van der Waals surface area contributed by atoms with Crippen LogP contribution in [0.2, 0.25) is 0 Å². The lowest BCUT2D eigenvalue weighted by atomic mass is 9.92. The zero-order valence-corrected chi connectivity index (χ0v) is 21.6. The number of aromatic amines is 1. The smallest absolute Gasteiger partial charge is 0.293 e. The molecule has 196 valence electrons. The van der Waals surface area contributed by atoms with E-state index in [2.05, 4.69) is 62.4 Å². The summed E-state index contributed by atoms with van der Waals surface area (Å²) in [7, 11) is 0. The second-order valence-electron chi connectivity index (χ2n) is 9.56. The van der Waals surface area contributed by atoms with Gasteiger partial charge < -0.3 is 20.1 Å². The van der Waals surface area contributed by atoms with E-state index >= 15 is 0 Å². The van der Waals surface area contributed by atoms with Crippen molar-refractivity contribution in [3.63, 3.8) is 0 Å². The molecule has 0 unspecified atom stereocenters. The molecule has 1 fully saturated rings. The minimum absolute atomic E-state index is 0.0219. The minimum atomic E-state index is -0.556. The molecule has 0 aliphatic carbocycles. The molecule has 1 aromatic heterocycles. The molecule has 2 heterocycles. The quantitative estimate of drug-likeness (QED) is 0.379. The summed E-state index contributed by atoms with van der Waals surface area (Å²) in [6.07, 6.45) is 2.07. The van der Waals surface area contributed by atoms with Crippen LogP contribution in [0.15, 0.2) is 59.7 Å². The van der Waals surface area contributed by atoms with Crippen LogP contribution in [0.3, 0.4) is 0 Å². The average Bonchev–Trinajstić information content (AvgIpc) is 2.94. The molecule has 0 spiro atoms. The topological polar surface area (TPSA) is 114 Å². The number of aromatic hydroxyl groups is 1. The third-order valence-electron chi connectivity index (χ3n) is 6.65. The van der Waals surface area contributed by atoms with Crippen molar-refractivity contribution in [2.45, 2.75) is 38.3 Å². The minimum Gasteiger partial charge on any atom is -0.502 e. The number of rotatable bonds is 9. The number of hydrogen-bond donors (Lipinski definition) is 3. The zero-order chi connectivity index (χ0) is 26.7. The lowest BCUT2D eigenvalue weighted by molar-refractivity contribution is 0.0342. The molecular formula is C30H33N5O3. The van der Waals surface area contributed by atoms with Crippen molar-refractivity contribution in [1.82, 2.24) is 20.2 Å². The van der Waals surface area contributed by atoms with E-state index in [0.29, 0.717) is 25.1 Å². The molecule has 0 bridgehead atoms. The second-order valence-corrected chi connectivity index (χ2v) is 9.56. The van der Waals surface area contributed by atoms with Gasteiger partial charge in [0.2, 0.25) is 5.75 Å². The van der Waals surface area contributed by atoms with Crippen LogP contribution in [0.25, 0.3) is 0 Å². The van der Waals surface area contributed by atoms with Crippen LogP contribution in [-0.4, -0.2) is 58.9 Å². The maximum absolute atomic E-state index is 11.8. The normalized spacial score (nSPS) is 15.2. The molecule has 8 nitrogen and oxygen atoms in total. The van der Waals surface area contributed by atoms with Crippen LogP contribution in [0.5, 0.6) is 5.75 Å². The highest BCUT2D eigenvalue weighted by atomic mass is 16.5. The molecule has 4 rings (SSSR count). The Balaban J connectivity index is 1.43. The van der Waals surface area contributed by atoms with E-state index in [9.17, 15) is 9.90 Å². The number of hydrogen-bond acceptors (Lipinski definition) is 7. The predicted molar refractivity (Wildman–Crippen MR) is 146 cm³/mol. The predicted octanol–water partition coefficient (Wildman–Crippen LogP) is 2.93. The van der Waals surface area contributed by atoms with Gasteiger partial charge in [0.15, 0.2) is 0 Å². The number of aromatic nitrogens is 2. The lowest BCUT2D eigenvalue weighted by Gasteiger charge is -2.26. The van der Waals surface area contributed by atoms with E-state index in [4.69, 9.17) is 10.00 Å². The summed E-state index contributed by atoms with van der Waals surface area (Å²) in [5.41, 5.74) is 3.94. The van der Waals surface area contributed by atoms with Gasteiger partial charge in [-0.25, -0.2) is 4.98 Å². The summed E-state index contributed by atoms with van der Waals surface area (Å²) in [6.45, 7) is 6.98. The highest BCUT2D eigenvalue weighted by molar-refractivity contribution is 5.44. The van der Waals surface area contributed by atoms with E-state index in [0.717, 1.165) is 49.5 Å². The first-order valence-electron chi connectivity index (χ1n) is 12.9. The first-order chi connectivity index (χ1) is 18.5. The van der Waals surface area contributed by atoms with Gasteiger partial charge in [-0.1, -0.05) is 36.1 Å². The molecule has 8 heteroatoms. The zero-order valence-electron chi connectivity index (χ0n) is 21.6. The van der Waals surface area contributed by atoms with Gasteiger partial charge in [-0.2, -0.15) is 5.26 Å². The van der Waals surface area contributed by atoms with Crippen molar-refractivity contribution in [3.05, 3.63) is 93.2 Å².